The number of hydrogen-bond acceptors (Lipinski definition) is 5. The van der Waals surface area contributed by atoms with E-state index in [1.165, 1.54) is 4.90 Å². The second-order valence-corrected chi connectivity index (χ2v) is 2.59. The summed E-state index contributed by atoms with van der Waals surface area (Å²) in [6.45, 7) is -0.259. The SMILES string of the molecule is O=CCN(CC=O)C(C=O)CC(=O)O. The van der Waals surface area contributed by atoms with E-state index in [0.29, 0.717) is 18.9 Å². The van der Waals surface area contributed by atoms with Crippen LogP contribution in [0.5, 0.6) is 0 Å². The van der Waals surface area contributed by atoms with Gasteiger partial charge in [-0.25, -0.2) is 0 Å². The topological polar surface area (TPSA) is 91.8 Å². The van der Waals surface area contributed by atoms with Crippen LogP contribution in [-0.2, 0) is 19.2 Å². The fourth-order valence-electron chi connectivity index (χ4n) is 0.979. The Balaban J connectivity index is 4.38. The number of carbonyl (C=O) groups excluding carboxylic acids is 3. The molecule has 0 amide bonds. The summed E-state index contributed by atoms with van der Waals surface area (Å²) in [5, 5.41) is 8.44. The van der Waals surface area contributed by atoms with Crippen LogP contribution in [0, 0.1) is 0 Å². The number of nitrogens with zero attached hydrogens (tertiary/aromatic N) is 1. The Kier molecular flexibility index (Phi) is 6.13. The van der Waals surface area contributed by atoms with E-state index < -0.39 is 18.4 Å². The van der Waals surface area contributed by atoms with Gasteiger partial charge >= 0.3 is 5.97 Å². The van der Waals surface area contributed by atoms with Gasteiger partial charge in [0.15, 0.2) is 0 Å². The van der Waals surface area contributed by atoms with E-state index in [9.17, 15) is 19.2 Å². The lowest BCUT2D eigenvalue weighted by molar-refractivity contribution is -0.140. The van der Waals surface area contributed by atoms with Crippen molar-refractivity contribution in [1.29, 1.82) is 0 Å². The van der Waals surface area contributed by atoms with Crippen LogP contribution < -0.4 is 0 Å². The summed E-state index contributed by atoms with van der Waals surface area (Å²) >= 11 is 0. The van der Waals surface area contributed by atoms with Crippen LogP contribution >= 0.6 is 0 Å². The molecular weight excluding hydrogens is 190 g/mol. The minimum absolute atomic E-state index is 0.130. The van der Waals surface area contributed by atoms with Crippen molar-refractivity contribution in [2.24, 2.45) is 0 Å². The zero-order valence-corrected chi connectivity index (χ0v) is 7.46. The number of carbonyl (C=O) groups is 4. The number of rotatable bonds is 8. The summed E-state index contributed by atoms with van der Waals surface area (Å²) in [5.74, 6) is -1.15. The molecular formula is C8H11NO5. The van der Waals surface area contributed by atoms with Crippen LogP contribution in [0.25, 0.3) is 0 Å². The molecule has 1 N–H and O–H groups in total. The lowest BCUT2D eigenvalue weighted by Crippen LogP contribution is -2.40. The highest BCUT2D eigenvalue weighted by molar-refractivity contribution is 5.74. The van der Waals surface area contributed by atoms with Crippen LogP contribution in [0.3, 0.4) is 0 Å². The molecule has 0 radical (unpaired) electrons. The van der Waals surface area contributed by atoms with Crippen LogP contribution in [0.4, 0.5) is 0 Å². The Morgan fingerprint density at radius 1 is 1.21 bits per heavy atom. The molecule has 14 heavy (non-hydrogen) atoms. The molecule has 0 fully saturated rings. The normalized spacial score (nSPS) is 12.1. The monoisotopic (exact) mass is 201 g/mol. The molecule has 0 aliphatic rings. The molecule has 78 valence electrons. The summed E-state index contributed by atoms with van der Waals surface area (Å²) < 4.78 is 0. The molecule has 0 spiro atoms. The summed E-state index contributed by atoms with van der Waals surface area (Å²) in [5.41, 5.74) is 0. The van der Waals surface area contributed by atoms with Gasteiger partial charge in [-0.3, -0.25) is 9.69 Å². The number of hydrogen-bond donors (Lipinski definition) is 1. The summed E-state index contributed by atoms with van der Waals surface area (Å²) in [6, 6.07) is -0.928. The van der Waals surface area contributed by atoms with E-state index in [1.807, 2.05) is 0 Å². The second kappa shape index (κ2) is 6.90. The number of aldehydes is 3. The minimum Gasteiger partial charge on any atom is -0.481 e. The van der Waals surface area contributed by atoms with Crippen LogP contribution in [0.15, 0.2) is 0 Å². The Morgan fingerprint density at radius 3 is 2.00 bits per heavy atom. The lowest BCUT2D eigenvalue weighted by Gasteiger charge is -2.21. The van der Waals surface area contributed by atoms with Crippen molar-refractivity contribution in [1.82, 2.24) is 4.90 Å². The number of carboxylic acids is 1. The molecule has 1 unspecified atom stereocenters. The average Bonchev–Trinajstić information content (AvgIpc) is 2.13. The minimum atomic E-state index is -1.15. The maximum Gasteiger partial charge on any atom is 0.305 e. The molecule has 0 saturated carbocycles. The molecule has 0 aromatic heterocycles. The van der Waals surface area contributed by atoms with E-state index in [4.69, 9.17) is 5.11 Å². The predicted molar refractivity (Wildman–Crippen MR) is 45.8 cm³/mol. The summed E-state index contributed by atoms with van der Waals surface area (Å²) in [7, 11) is 0. The molecule has 0 saturated heterocycles. The molecule has 0 aliphatic carbocycles. The molecule has 6 heteroatoms. The van der Waals surface area contributed by atoms with Gasteiger partial charge in [0.2, 0.25) is 0 Å². The third-order valence-corrected chi connectivity index (χ3v) is 1.63. The van der Waals surface area contributed by atoms with Crippen molar-refractivity contribution >= 4 is 24.8 Å². The zero-order chi connectivity index (χ0) is 11.0. The van der Waals surface area contributed by atoms with Crippen molar-refractivity contribution < 1.29 is 24.3 Å². The third-order valence-electron chi connectivity index (χ3n) is 1.63. The van der Waals surface area contributed by atoms with Gasteiger partial charge in [-0.1, -0.05) is 0 Å². The summed E-state index contributed by atoms with van der Waals surface area (Å²) in [6.07, 6.45) is 1.04. The van der Waals surface area contributed by atoms with Gasteiger partial charge in [-0.05, 0) is 0 Å². The highest BCUT2D eigenvalue weighted by Gasteiger charge is 2.19. The Labute approximate surface area is 80.5 Å². The van der Waals surface area contributed by atoms with E-state index in [0.717, 1.165) is 0 Å². The zero-order valence-electron chi connectivity index (χ0n) is 7.46. The van der Waals surface area contributed by atoms with Gasteiger partial charge in [-0.2, -0.15) is 0 Å². The van der Waals surface area contributed by atoms with Crippen molar-refractivity contribution in [2.75, 3.05) is 13.1 Å². The maximum absolute atomic E-state index is 10.5. The van der Waals surface area contributed by atoms with Crippen molar-refractivity contribution in [3.05, 3.63) is 0 Å². The first-order chi connectivity index (χ1) is 6.65. The van der Waals surface area contributed by atoms with Gasteiger partial charge in [0.05, 0.1) is 25.6 Å². The average molecular weight is 201 g/mol. The van der Waals surface area contributed by atoms with E-state index in [-0.39, 0.29) is 13.1 Å². The second-order valence-electron chi connectivity index (χ2n) is 2.59. The van der Waals surface area contributed by atoms with Crippen molar-refractivity contribution in [2.45, 2.75) is 12.5 Å². The lowest BCUT2D eigenvalue weighted by atomic mass is 10.2. The van der Waals surface area contributed by atoms with E-state index >= 15 is 0 Å². The highest BCUT2D eigenvalue weighted by Crippen LogP contribution is 2.00. The molecule has 0 aliphatic heterocycles. The Bertz CT molecular complexity index is 218. The van der Waals surface area contributed by atoms with E-state index in [1.54, 1.807) is 0 Å². The van der Waals surface area contributed by atoms with Gasteiger partial charge in [0, 0.05) is 0 Å². The molecule has 0 aromatic rings. The smallest absolute Gasteiger partial charge is 0.305 e. The Hall–Kier alpha value is -1.56. The standard InChI is InChI=1S/C8H11NO5/c10-3-1-9(2-4-11)7(6-12)5-8(13)14/h3-4,6-7H,1-2,5H2,(H,13,14). The van der Waals surface area contributed by atoms with Gasteiger partial charge < -0.3 is 19.5 Å². The molecule has 0 heterocycles. The van der Waals surface area contributed by atoms with Crippen LogP contribution in [-0.4, -0.2) is 54.0 Å². The molecule has 0 bridgehead atoms. The first-order valence-electron chi connectivity index (χ1n) is 3.94. The summed E-state index contributed by atoms with van der Waals surface area (Å²) in [4.78, 5) is 42.4. The number of aliphatic carboxylic acids is 1. The first kappa shape index (κ1) is 12.4. The highest BCUT2D eigenvalue weighted by atomic mass is 16.4. The molecule has 1 atom stereocenters. The maximum atomic E-state index is 10.5. The van der Waals surface area contributed by atoms with Crippen molar-refractivity contribution in [3.8, 4) is 0 Å². The van der Waals surface area contributed by atoms with Crippen LogP contribution in [0.1, 0.15) is 6.42 Å². The van der Waals surface area contributed by atoms with E-state index in [2.05, 4.69) is 0 Å². The fourth-order valence-corrected chi connectivity index (χ4v) is 0.979. The van der Waals surface area contributed by atoms with Gasteiger partial charge in [0.1, 0.15) is 18.9 Å². The fraction of sp³-hybridized carbons (Fsp3) is 0.500. The largest absolute Gasteiger partial charge is 0.481 e. The van der Waals surface area contributed by atoms with Gasteiger partial charge in [-0.15, -0.1) is 0 Å². The predicted octanol–water partition coefficient (Wildman–Crippen LogP) is -1.27. The molecule has 0 aromatic carbocycles. The first-order valence-corrected chi connectivity index (χ1v) is 3.94. The Morgan fingerprint density at radius 2 is 1.71 bits per heavy atom. The number of carboxylic acid groups (broad SMARTS) is 1. The molecule has 0 rings (SSSR count). The van der Waals surface area contributed by atoms with Crippen molar-refractivity contribution in [3.63, 3.8) is 0 Å². The quantitative estimate of drug-likeness (QED) is 0.492. The third kappa shape index (κ3) is 4.46. The van der Waals surface area contributed by atoms with Gasteiger partial charge in [0.25, 0.3) is 0 Å². The molecule has 6 nitrogen and oxygen atoms in total. The van der Waals surface area contributed by atoms with Crippen LogP contribution in [0.2, 0.25) is 0 Å².